The van der Waals surface area contributed by atoms with E-state index >= 15 is 0 Å². The lowest BCUT2D eigenvalue weighted by Crippen LogP contribution is -2.43. The van der Waals surface area contributed by atoms with Crippen LogP contribution in [0.3, 0.4) is 0 Å². The Morgan fingerprint density at radius 1 is 1.67 bits per heavy atom. The molecule has 0 bridgehead atoms. The van der Waals surface area contributed by atoms with Crippen molar-refractivity contribution in [2.24, 2.45) is 11.7 Å². The van der Waals surface area contributed by atoms with Gasteiger partial charge in [0.1, 0.15) is 0 Å². The molecule has 2 N–H and O–H groups in total. The standard InChI is InChI=1S/C11H23N3S/c1-4-10(11(12)15)14(3)8-9-5-6-13(2)7-9/h9-10H,4-8H2,1-3H3,(H2,12,15). The van der Waals surface area contributed by atoms with Crippen LogP contribution in [0.25, 0.3) is 0 Å². The van der Waals surface area contributed by atoms with E-state index in [9.17, 15) is 0 Å². The van der Waals surface area contributed by atoms with E-state index < -0.39 is 0 Å². The van der Waals surface area contributed by atoms with Gasteiger partial charge in [0, 0.05) is 13.1 Å². The summed E-state index contributed by atoms with van der Waals surface area (Å²) in [6, 6.07) is 0.269. The maximum absolute atomic E-state index is 5.73. The molecular weight excluding hydrogens is 206 g/mol. The van der Waals surface area contributed by atoms with Crippen LogP contribution in [-0.4, -0.2) is 54.6 Å². The molecule has 0 aromatic carbocycles. The van der Waals surface area contributed by atoms with Gasteiger partial charge in [-0.2, -0.15) is 0 Å². The molecule has 0 amide bonds. The summed E-state index contributed by atoms with van der Waals surface area (Å²) in [7, 11) is 4.32. The molecule has 0 spiro atoms. The molecule has 0 aliphatic carbocycles. The number of hydrogen-bond acceptors (Lipinski definition) is 3. The van der Waals surface area contributed by atoms with Gasteiger partial charge in [-0.25, -0.2) is 0 Å². The lowest BCUT2D eigenvalue weighted by Gasteiger charge is -2.28. The van der Waals surface area contributed by atoms with E-state index in [2.05, 4.69) is 30.8 Å². The normalized spacial score (nSPS) is 24.7. The van der Waals surface area contributed by atoms with E-state index in [1.165, 1.54) is 19.5 Å². The summed E-state index contributed by atoms with van der Waals surface area (Å²) in [5.74, 6) is 0.781. The maximum atomic E-state index is 5.73. The second kappa shape index (κ2) is 5.77. The van der Waals surface area contributed by atoms with Crippen molar-refractivity contribution in [3.8, 4) is 0 Å². The van der Waals surface area contributed by atoms with Crippen molar-refractivity contribution in [1.82, 2.24) is 9.80 Å². The molecule has 2 atom stereocenters. The Kier molecular flexibility index (Phi) is 4.96. The zero-order chi connectivity index (χ0) is 11.4. The Hall–Kier alpha value is -0.190. The predicted octanol–water partition coefficient (Wildman–Crippen LogP) is 0.935. The molecular formula is C11H23N3S. The maximum Gasteiger partial charge on any atom is 0.0901 e. The minimum absolute atomic E-state index is 0.269. The van der Waals surface area contributed by atoms with Crippen molar-refractivity contribution in [2.45, 2.75) is 25.8 Å². The number of thiocarbonyl (C=S) groups is 1. The molecule has 1 aliphatic rings. The molecule has 1 fully saturated rings. The summed E-state index contributed by atoms with van der Waals surface area (Å²) in [4.78, 5) is 5.33. The third-order valence-electron chi connectivity index (χ3n) is 3.28. The predicted molar refractivity (Wildman–Crippen MR) is 69.1 cm³/mol. The highest BCUT2D eigenvalue weighted by Gasteiger charge is 2.24. The number of nitrogens with zero attached hydrogens (tertiary/aromatic N) is 2. The fraction of sp³-hybridized carbons (Fsp3) is 0.909. The summed E-state index contributed by atoms with van der Waals surface area (Å²) in [5.41, 5.74) is 5.73. The zero-order valence-electron chi connectivity index (χ0n) is 10.1. The lowest BCUT2D eigenvalue weighted by atomic mass is 10.1. The lowest BCUT2D eigenvalue weighted by molar-refractivity contribution is 0.244. The van der Waals surface area contributed by atoms with E-state index in [-0.39, 0.29) is 6.04 Å². The van der Waals surface area contributed by atoms with Crippen molar-refractivity contribution in [3.63, 3.8) is 0 Å². The topological polar surface area (TPSA) is 32.5 Å². The number of likely N-dealkylation sites (N-methyl/N-ethyl adjacent to an activating group) is 1. The van der Waals surface area contributed by atoms with Crippen molar-refractivity contribution >= 4 is 17.2 Å². The third kappa shape index (κ3) is 3.70. The summed E-state index contributed by atoms with van der Waals surface area (Å²) < 4.78 is 0. The first-order valence-electron chi connectivity index (χ1n) is 5.72. The molecule has 1 aliphatic heterocycles. The van der Waals surface area contributed by atoms with Crippen LogP contribution in [-0.2, 0) is 0 Å². The number of nitrogens with two attached hydrogens (primary N) is 1. The van der Waals surface area contributed by atoms with Gasteiger partial charge in [-0.05, 0) is 39.4 Å². The van der Waals surface area contributed by atoms with Crippen LogP contribution < -0.4 is 5.73 Å². The average Bonchev–Trinajstić information content (AvgIpc) is 2.51. The van der Waals surface area contributed by atoms with Crippen LogP contribution >= 0.6 is 12.2 Å². The van der Waals surface area contributed by atoms with Gasteiger partial charge in [0.05, 0.1) is 11.0 Å². The quantitative estimate of drug-likeness (QED) is 0.711. The van der Waals surface area contributed by atoms with E-state index in [1.807, 2.05) is 0 Å². The monoisotopic (exact) mass is 229 g/mol. The molecule has 0 aromatic heterocycles. The molecule has 0 aromatic rings. The minimum atomic E-state index is 0.269. The SMILES string of the molecule is CCC(C(N)=S)N(C)CC1CCN(C)C1. The number of rotatable bonds is 5. The van der Waals surface area contributed by atoms with Crippen molar-refractivity contribution in [3.05, 3.63) is 0 Å². The smallest absolute Gasteiger partial charge is 0.0901 e. The highest BCUT2D eigenvalue weighted by molar-refractivity contribution is 7.80. The Balaban J connectivity index is 2.40. The average molecular weight is 229 g/mol. The molecule has 88 valence electrons. The van der Waals surface area contributed by atoms with Crippen LogP contribution in [0.15, 0.2) is 0 Å². The van der Waals surface area contributed by atoms with Gasteiger partial charge in [-0.1, -0.05) is 19.1 Å². The highest BCUT2D eigenvalue weighted by Crippen LogP contribution is 2.16. The Morgan fingerprint density at radius 2 is 2.33 bits per heavy atom. The molecule has 1 saturated heterocycles. The fourth-order valence-corrected chi connectivity index (χ4v) is 2.79. The molecule has 1 heterocycles. The van der Waals surface area contributed by atoms with Crippen LogP contribution in [0.5, 0.6) is 0 Å². The van der Waals surface area contributed by atoms with E-state index in [4.69, 9.17) is 18.0 Å². The van der Waals surface area contributed by atoms with Crippen molar-refractivity contribution < 1.29 is 0 Å². The summed E-state index contributed by atoms with van der Waals surface area (Å²) >= 11 is 5.08. The first-order chi connectivity index (χ1) is 7.04. The van der Waals surface area contributed by atoms with E-state index in [1.54, 1.807) is 0 Å². The third-order valence-corrected chi connectivity index (χ3v) is 3.55. The van der Waals surface area contributed by atoms with Gasteiger partial charge in [0.15, 0.2) is 0 Å². The summed E-state index contributed by atoms with van der Waals surface area (Å²) in [6.45, 7) is 5.68. The first-order valence-corrected chi connectivity index (χ1v) is 6.13. The minimum Gasteiger partial charge on any atom is -0.392 e. The first kappa shape index (κ1) is 12.9. The summed E-state index contributed by atoms with van der Waals surface area (Å²) in [6.07, 6.45) is 2.31. The Labute approximate surface area is 98.6 Å². The van der Waals surface area contributed by atoms with Crippen molar-refractivity contribution in [1.29, 1.82) is 0 Å². The van der Waals surface area contributed by atoms with Crippen LogP contribution in [0.2, 0.25) is 0 Å². The molecule has 15 heavy (non-hydrogen) atoms. The highest BCUT2D eigenvalue weighted by atomic mass is 32.1. The van der Waals surface area contributed by atoms with Gasteiger partial charge < -0.3 is 10.6 Å². The second-order valence-electron chi connectivity index (χ2n) is 4.68. The second-order valence-corrected chi connectivity index (χ2v) is 5.15. The molecule has 0 saturated carbocycles. The Bertz CT molecular complexity index is 220. The van der Waals surface area contributed by atoms with Gasteiger partial charge in [0.25, 0.3) is 0 Å². The molecule has 1 rings (SSSR count). The fourth-order valence-electron chi connectivity index (χ4n) is 2.44. The van der Waals surface area contributed by atoms with Gasteiger partial charge in [0.2, 0.25) is 0 Å². The van der Waals surface area contributed by atoms with Crippen LogP contribution in [0.4, 0.5) is 0 Å². The largest absolute Gasteiger partial charge is 0.392 e. The van der Waals surface area contributed by atoms with Gasteiger partial charge >= 0.3 is 0 Å². The molecule has 4 heteroatoms. The van der Waals surface area contributed by atoms with E-state index in [0.717, 1.165) is 18.9 Å². The zero-order valence-corrected chi connectivity index (χ0v) is 10.9. The molecule has 3 nitrogen and oxygen atoms in total. The molecule has 2 unspecified atom stereocenters. The van der Waals surface area contributed by atoms with E-state index in [0.29, 0.717) is 4.99 Å². The van der Waals surface area contributed by atoms with Gasteiger partial charge in [-0.15, -0.1) is 0 Å². The molecule has 0 radical (unpaired) electrons. The number of likely N-dealkylation sites (tertiary alicyclic amines) is 1. The van der Waals surface area contributed by atoms with Crippen molar-refractivity contribution in [2.75, 3.05) is 33.7 Å². The summed E-state index contributed by atoms with van der Waals surface area (Å²) in [5, 5.41) is 0. The van der Waals surface area contributed by atoms with Crippen LogP contribution in [0, 0.1) is 5.92 Å². The Morgan fingerprint density at radius 3 is 2.73 bits per heavy atom. The number of hydrogen-bond donors (Lipinski definition) is 1. The van der Waals surface area contributed by atoms with Gasteiger partial charge in [-0.3, -0.25) is 4.90 Å². The van der Waals surface area contributed by atoms with Crippen LogP contribution in [0.1, 0.15) is 19.8 Å².